The van der Waals surface area contributed by atoms with Crippen molar-refractivity contribution in [2.24, 2.45) is 5.41 Å². The van der Waals surface area contributed by atoms with Gasteiger partial charge in [0.1, 0.15) is 0 Å². The molecule has 0 aliphatic heterocycles. The number of hydrogen-bond donors (Lipinski definition) is 1. The number of amides is 1. The first-order chi connectivity index (χ1) is 11.9. The maximum absolute atomic E-state index is 12.6. The van der Waals surface area contributed by atoms with Crippen LogP contribution in [0.4, 0.5) is 5.69 Å². The molecule has 0 atom stereocenters. The fraction of sp³-hybridized carbons (Fsp3) is 0.174. The molecular formula is C23H23NO. The topological polar surface area (TPSA) is 29.1 Å². The van der Waals surface area contributed by atoms with Gasteiger partial charge in [0.2, 0.25) is 5.91 Å². The summed E-state index contributed by atoms with van der Waals surface area (Å²) in [7, 11) is 0. The molecule has 0 spiro atoms. The van der Waals surface area contributed by atoms with E-state index in [0.29, 0.717) is 0 Å². The van der Waals surface area contributed by atoms with Crippen molar-refractivity contribution < 1.29 is 4.79 Å². The van der Waals surface area contributed by atoms with Gasteiger partial charge in [-0.3, -0.25) is 4.79 Å². The van der Waals surface area contributed by atoms with E-state index >= 15 is 0 Å². The van der Waals surface area contributed by atoms with Crippen molar-refractivity contribution in [3.05, 3.63) is 78.9 Å². The van der Waals surface area contributed by atoms with Gasteiger partial charge in [-0.2, -0.15) is 0 Å². The maximum atomic E-state index is 12.6. The van der Waals surface area contributed by atoms with E-state index in [0.717, 1.165) is 27.9 Å². The van der Waals surface area contributed by atoms with Crippen LogP contribution in [-0.4, -0.2) is 5.91 Å². The minimum Gasteiger partial charge on any atom is -0.325 e. The monoisotopic (exact) mass is 329 g/mol. The number of anilines is 1. The van der Waals surface area contributed by atoms with Crippen LogP contribution in [0, 0.1) is 5.41 Å². The zero-order chi connectivity index (χ0) is 17.9. The van der Waals surface area contributed by atoms with Crippen molar-refractivity contribution in [3.8, 4) is 22.3 Å². The van der Waals surface area contributed by atoms with E-state index < -0.39 is 5.41 Å². The predicted octanol–water partition coefficient (Wildman–Crippen LogP) is 6.01. The van der Waals surface area contributed by atoms with Crippen molar-refractivity contribution in [1.82, 2.24) is 0 Å². The summed E-state index contributed by atoms with van der Waals surface area (Å²) in [5.41, 5.74) is 4.73. The van der Waals surface area contributed by atoms with Gasteiger partial charge < -0.3 is 5.32 Å². The van der Waals surface area contributed by atoms with Crippen LogP contribution in [0.3, 0.4) is 0 Å². The fourth-order valence-electron chi connectivity index (χ4n) is 2.64. The lowest BCUT2D eigenvalue weighted by Crippen LogP contribution is -2.27. The molecule has 25 heavy (non-hydrogen) atoms. The number of rotatable bonds is 3. The van der Waals surface area contributed by atoms with Crippen LogP contribution >= 0.6 is 0 Å². The van der Waals surface area contributed by atoms with Crippen molar-refractivity contribution in [2.75, 3.05) is 5.32 Å². The predicted molar refractivity (Wildman–Crippen MR) is 105 cm³/mol. The highest BCUT2D eigenvalue weighted by Gasteiger charge is 2.22. The Balaban J connectivity index is 2.08. The lowest BCUT2D eigenvalue weighted by molar-refractivity contribution is -0.123. The van der Waals surface area contributed by atoms with Crippen molar-refractivity contribution >= 4 is 11.6 Å². The van der Waals surface area contributed by atoms with Crippen LogP contribution in [-0.2, 0) is 4.79 Å². The van der Waals surface area contributed by atoms with Crippen LogP contribution in [0.25, 0.3) is 22.3 Å². The average Bonchev–Trinajstić information content (AvgIpc) is 2.62. The smallest absolute Gasteiger partial charge is 0.229 e. The van der Waals surface area contributed by atoms with Crippen LogP contribution in [0.2, 0.25) is 0 Å². The molecule has 0 unspecified atom stereocenters. The molecule has 3 aromatic rings. The highest BCUT2D eigenvalue weighted by Crippen LogP contribution is 2.33. The Labute approximate surface area is 149 Å². The average molecular weight is 329 g/mol. The summed E-state index contributed by atoms with van der Waals surface area (Å²) in [4.78, 5) is 12.6. The number of carbonyl (C=O) groups is 1. The van der Waals surface area contributed by atoms with Gasteiger partial charge in [-0.05, 0) is 22.8 Å². The Kier molecular flexibility index (Phi) is 4.71. The second-order valence-electron chi connectivity index (χ2n) is 7.20. The molecule has 1 N–H and O–H groups in total. The summed E-state index contributed by atoms with van der Waals surface area (Å²) < 4.78 is 0. The van der Waals surface area contributed by atoms with Gasteiger partial charge in [-0.1, -0.05) is 93.6 Å². The van der Waals surface area contributed by atoms with Crippen LogP contribution in [0.5, 0.6) is 0 Å². The van der Waals surface area contributed by atoms with E-state index in [4.69, 9.17) is 0 Å². The van der Waals surface area contributed by atoms with Crippen molar-refractivity contribution in [2.45, 2.75) is 20.8 Å². The summed E-state index contributed by atoms with van der Waals surface area (Å²) in [5, 5.41) is 3.12. The summed E-state index contributed by atoms with van der Waals surface area (Å²) in [5.74, 6) is 0.00916. The largest absolute Gasteiger partial charge is 0.325 e. The first-order valence-electron chi connectivity index (χ1n) is 8.51. The molecule has 0 aliphatic carbocycles. The van der Waals surface area contributed by atoms with Gasteiger partial charge in [0.25, 0.3) is 0 Å². The zero-order valence-electron chi connectivity index (χ0n) is 14.9. The third-order valence-electron chi connectivity index (χ3n) is 4.14. The Morgan fingerprint density at radius 3 is 1.84 bits per heavy atom. The van der Waals surface area contributed by atoms with Gasteiger partial charge in [0, 0.05) is 16.7 Å². The van der Waals surface area contributed by atoms with Crippen molar-refractivity contribution in [3.63, 3.8) is 0 Å². The quantitative estimate of drug-likeness (QED) is 0.627. The minimum atomic E-state index is -0.448. The number of benzene rings is 3. The molecule has 0 saturated heterocycles. The van der Waals surface area contributed by atoms with E-state index in [2.05, 4.69) is 47.8 Å². The van der Waals surface area contributed by atoms with Crippen LogP contribution < -0.4 is 5.32 Å². The maximum Gasteiger partial charge on any atom is 0.229 e. The summed E-state index contributed by atoms with van der Waals surface area (Å²) in [6, 6.07) is 26.6. The summed E-state index contributed by atoms with van der Waals surface area (Å²) in [6.45, 7) is 5.77. The highest BCUT2D eigenvalue weighted by molar-refractivity contribution is 5.99. The zero-order valence-corrected chi connectivity index (χ0v) is 14.9. The summed E-state index contributed by atoms with van der Waals surface area (Å²) >= 11 is 0. The second kappa shape index (κ2) is 6.94. The number of hydrogen-bond acceptors (Lipinski definition) is 1. The van der Waals surface area contributed by atoms with Crippen molar-refractivity contribution in [1.29, 1.82) is 0 Å². The van der Waals surface area contributed by atoms with Gasteiger partial charge in [0.15, 0.2) is 0 Å². The van der Waals surface area contributed by atoms with Crippen LogP contribution in [0.15, 0.2) is 78.9 Å². The van der Waals surface area contributed by atoms with Gasteiger partial charge in [-0.25, -0.2) is 0 Å². The Morgan fingerprint density at radius 1 is 0.720 bits per heavy atom. The van der Waals surface area contributed by atoms with Gasteiger partial charge >= 0.3 is 0 Å². The SMILES string of the molecule is CC(C)(C)C(=O)Nc1cc(-c2ccccc2)ccc1-c1ccccc1. The molecule has 2 nitrogen and oxygen atoms in total. The highest BCUT2D eigenvalue weighted by atomic mass is 16.2. The molecule has 0 saturated carbocycles. The molecule has 0 fully saturated rings. The van der Waals surface area contributed by atoms with E-state index in [1.165, 1.54) is 0 Å². The van der Waals surface area contributed by atoms with E-state index in [-0.39, 0.29) is 5.91 Å². The molecule has 2 heteroatoms. The molecular weight excluding hydrogens is 306 g/mol. The third kappa shape index (κ3) is 3.97. The molecule has 126 valence electrons. The number of nitrogens with one attached hydrogen (secondary N) is 1. The standard InChI is InChI=1S/C23H23NO/c1-23(2,3)22(25)24-21-16-19(17-10-6-4-7-11-17)14-15-20(21)18-12-8-5-9-13-18/h4-16H,1-3H3,(H,24,25). The van der Waals surface area contributed by atoms with Gasteiger partial charge in [-0.15, -0.1) is 0 Å². The first-order valence-corrected chi connectivity index (χ1v) is 8.51. The molecule has 3 rings (SSSR count). The first kappa shape index (κ1) is 17.0. The molecule has 0 radical (unpaired) electrons. The molecule has 0 bridgehead atoms. The van der Waals surface area contributed by atoms with E-state index in [9.17, 15) is 4.79 Å². The Hall–Kier alpha value is -2.87. The van der Waals surface area contributed by atoms with E-state index in [1.807, 2.05) is 57.2 Å². The third-order valence-corrected chi connectivity index (χ3v) is 4.14. The lowest BCUT2D eigenvalue weighted by atomic mass is 9.94. The Morgan fingerprint density at radius 2 is 1.28 bits per heavy atom. The number of carbonyl (C=O) groups excluding carboxylic acids is 1. The van der Waals surface area contributed by atoms with E-state index in [1.54, 1.807) is 0 Å². The minimum absolute atomic E-state index is 0.00916. The van der Waals surface area contributed by atoms with Crippen LogP contribution in [0.1, 0.15) is 20.8 Å². The molecule has 0 heterocycles. The molecule has 0 aliphatic rings. The fourth-order valence-corrected chi connectivity index (χ4v) is 2.64. The molecule has 1 amide bonds. The Bertz CT molecular complexity index is 862. The second-order valence-corrected chi connectivity index (χ2v) is 7.20. The lowest BCUT2D eigenvalue weighted by Gasteiger charge is -2.20. The summed E-state index contributed by atoms with van der Waals surface area (Å²) in [6.07, 6.45) is 0. The normalized spacial score (nSPS) is 11.2. The molecule has 3 aromatic carbocycles. The van der Waals surface area contributed by atoms with Gasteiger partial charge in [0.05, 0.1) is 0 Å². The molecule has 0 aromatic heterocycles.